The van der Waals surface area contributed by atoms with Gasteiger partial charge in [-0.05, 0) is 36.3 Å². The highest BCUT2D eigenvalue weighted by molar-refractivity contribution is 7.99. The van der Waals surface area contributed by atoms with Crippen LogP contribution in [-0.2, 0) is 4.79 Å². The van der Waals surface area contributed by atoms with E-state index in [-0.39, 0.29) is 5.91 Å². The number of nitrogens with two attached hydrogens (primary N) is 1. The summed E-state index contributed by atoms with van der Waals surface area (Å²) in [6.07, 6.45) is 1.13. The van der Waals surface area contributed by atoms with Crippen LogP contribution in [0.25, 0.3) is 0 Å². The Balaban J connectivity index is 2.33. The van der Waals surface area contributed by atoms with E-state index in [1.807, 2.05) is 0 Å². The van der Waals surface area contributed by atoms with Crippen molar-refractivity contribution < 1.29 is 4.79 Å². The van der Waals surface area contributed by atoms with Crippen molar-refractivity contribution in [2.75, 3.05) is 22.6 Å². The summed E-state index contributed by atoms with van der Waals surface area (Å²) in [6.45, 7) is 4.36. The Morgan fingerprint density at radius 2 is 2.22 bits per heavy atom. The van der Waals surface area contributed by atoms with E-state index in [1.54, 1.807) is 30.0 Å². The summed E-state index contributed by atoms with van der Waals surface area (Å²) in [4.78, 5) is 11.6. The first kappa shape index (κ1) is 15.2. The molecule has 1 rings (SSSR count). The van der Waals surface area contributed by atoms with Gasteiger partial charge in [-0.1, -0.05) is 25.4 Å². The Labute approximate surface area is 117 Å². The van der Waals surface area contributed by atoms with Gasteiger partial charge >= 0.3 is 0 Å². The number of rotatable bonds is 6. The quantitative estimate of drug-likeness (QED) is 0.620. The molecular weight excluding hydrogens is 268 g/mol. The first-order valence-corrected chi connectivity index (χ1v) is 7.45. The molecule has 0 atom stereocenters. The highest BCUT2D eigenvalue weighted by Crippen LogP contribution is 2.22. The first-order valence-electron chi connectivity index (χ1n) is 5.91. The second-order valence-electron chi connectivity index (χ2n) is 4.52. The number of hydrogen-bond acceptors (Lipinski definition) is 3. The zero-order chi connectivity index (χ0) is 13.5. The summed E-state index contributed by atoms with van der Waals surface area (Å²) in [5.41, 5.74) is 6.82. The number of hydrogen-bond donors (Lipinski definition) is 2. The molecule has 3 N–H and O–H groups in total. The fourth-order valence-electron chi connectivity index (χ4n) is 1.30. The maximum Gasteiger partial charge on any atom is 0.234 e. The summed E-state index contributed by atoms with van der Waals surface area (Å²) < 4.78 is 0. The summed E-state index contributed by atoms with van der Waals surface area (Å²) in [7, 11) is 0. The van der Waals surface area contributed by atoms with Crippen LogP contribution in [-0.4, -0.2) is 17.4 Å². The topological polar surface area (TPSA) is 55.1 Å². The van der Waals surface area contributed by atoms with Crippen molar-refractivity contribution in [3.05, 3.63) is 23.2 Å². The number of carbonyl (C=O) groups is 1. The molecule has 0 aliphatic heterocycles. The highest BCUT2D eigenvalue weighted by Gasteiger charge is 2.04. The zero-order valence-electron chi connectivity index (χ0n) is 10.7. The second kappa shape index (κ2) is 7.54. The van der Waals surface area contributed by atoms with Crippen molar-refractivity contribution in [3.8, 4) is 0 Å². The molecule has 0 radical (unpaired) electrons. The molecule has 0 unspecified atom stereocenters. The van der Waals surface area contributed by atoms with Crippen molar-refractivity contribution in [1.82, 2.24) is 0 Å². The second-order valence-corrected chi connectivity index (χ2v) is 6.03. The molecule has 0 saturated heterocycles. The summed E-state index contributed by atoms with van der Waals surface area (Å²) in [5, 5.41) is 3.30. The van der Waals surface area contributed by atoms with Gasteiger partial charge < -0.3 is 11.1 Å². The van der Waals surface area contributed by atoms with Crippen LogP contribution >= 0.6 is 23.4 Å². The molecule has 0 heterocycles. The van der Waals surface area contributed by atoms with Gasteiger partial charge in [-0.2, -0.15) is 11.8 Å². The molecular formula is C13H19ClN2OS. The Bertz CT molecular complexity index is 410. The van der Waals surface area contributed by atoms with Crippen LogP contribution in [0.2, 0.25) is 5.02 Å². The average molecular weight is 287 g/mol. The molecule has 0 aromatic heterocycles. The Morgan fingerprint density at radius 3 is 2.83 bits per heavy atom. The largest absolute Gasteiger partial charge is 0.397 e. The van der Waals surface area contributed by atoms with Gasteiger partial charge in [0.2, 0.25) is 5.91 Å². The van der Waals surface area contributed by atoms with E-state index in [9.17, 15) is 4.79 Å². The number of carbonyl (C=O) groups excluding carboxylic acids is 1. The minimum absolute atomic E-state index is 0.00882. The predicted octanol–water partition coefficient (Wildman–Crippen LogP) is 3.64. The molecule has 1 aromatic rings. The van der Waals surface area contributed by atoms with Crippen LogP contribution in [0.1, 0.15) is 20.3 Å². The molecule has 0 bridgehead atoms. The minimum Gasteiger partial charge on any atom is -0.397 e. The van der Waals surface area contributed by atoms with Crippen molar-refractivity contribution in [2.24, 2.45) is 5.92 Å². The highest BCUT2D eigenvalue weighted by atomic mass is 35.5. The van der Waals surface area contributed by atoms with Crippen molar-refractivity contribution >= 4 is 40.6 Å². The Hall–Kier alpha value is -0.870. The third-order valence-electron chi connectivity index (χ3n) is 2.35. The van der Waals surface area contributed by atoms with Crippen molar-refractivity contribution in [3.63, 3.8) is 0 Å². The lowest BCUT2D eigenvalue weighted by Gasteiger charge is -2.07. The Morgan fingerprint density at radius 1 is 1.50 bits per heavy atom. The van der Waals surface area contributed by atoms with Gasteiger partial charge in [0, 0.05) is 5.69 Å². The number of amides is 1. The number of thioether (sulfide) groups is 1. The van der Waals surface area contributed by atoms with Crippen LogP contribution in [0.15, 0.2) is 18.2 Å². The smallest absolute Gasteiger partial charge is 0.234 e. The van der Waals surface area contributed by atoms with Gasteiger partial charge in [0.15, 0.2) is 0 Å². The fraction of sp³-hybridized carbons (Fsp3) is 0.462. The maximum atomic E-state index is 11.6. The number of halogens is 1. The van der Waals surface area contributed by atoms with E-state index in [1.165, 1.54) is 0 Å². The van der Waals surface area contributed by atoms with Gasteiger partial charge in [-0.15, -0.1) is 0 Å². The fourth-order valence-corrected chi connectivity index (χ4v) is 2.46. The zero-order valence-corrected chi connectivity index (χ0v) is 12.3. The lowest BCUT2D eigenvalue weighted by molar-refractivity contribution is -0.113. The molecule has 3 nitrogen and oxygen atoms in total. The molecule has 1 amide bonds. The van der Waals surface area contributed by atoms with Crippen molar-refractivity contribution in [2.45, 2.75) is 20.3 Å². The average Bonchev–Trinajstić information content (AvgIpc) is 2.29. The molecule has 5 heteroatoms. The minimum atomic E-state index is -0.00882. The molecule has 0 saturated carbocycles. The first-order chi connectivity index (χ1) is 8.49. The number of anilines is 2. The summed E-state index contributed by atoms with van der Waals surface area (Å²) in [5.74, 6) is 2.14. The Kier molecular flexibility index (Phi) is 6.36. The van der Waals surface area contributed by atoms with Gasteiger partial charge in [0.05, 0.1) is 16.5 Å². The van der Waals surface area contributed by atoms with Gasteiger partial charge in [-0.3, -0.25) is 4.79 Å². The summed E-state index contributed by atoms with van der Waals surface area (Å²) in [6, 6.07) is 5.09. The molecule has 0 aliphatic rings. The molecule has 100 valence electrons. The van der Waals surface area contributed by atoms with Crippen LogP contribution in [0.5, 0.6) is 0 Å². The van der Waals surface area contributed by atoms with E-state index >= 15 is 0 Å². The summed E-state index contributed by atoms with van der Waals surface area (Å²) >= 11 is 7.45. The van der Waals surface area contributed by atoms with Crippen LogP contribution in [0.4, 0.5) is 11.4 Å². The van der Waals surface area contributed by atoms with Gasteiger partial charge in [-0.25, -0.2) is 0 Å². The van der Waals surface area contributed by atoms with Crippen LogP contribution < -0.4 is 11.1 Å². The standard InChI is InChI=1S/C13H19ClN2OS/c1-9(2)5-6-18-8-13(17)16-10-3-4-11(14)12(15)7-10/h3-4,7,9H,5-6,8,15H2,1-2H3,(H,16,17). The molecule has 0 fully saturated rings. The maximum absolute atomic E-state index is 11.6. The monoisotopic (exact) mass is 286 g/mol. The van der Waals surface area contributed by atoms with E-state index in [0.717, 1.165) is 12.2 Å². The van der Waals surface area contributed by atoms with E-state index in [0.29, 0.717) is 28.1 Å². The molecule has 1 aromatic carbocycles. The van der Waals surface area contributed by atoms with E-state index in [4.69, 9.17) is 17.3 Å². The molecule has 0 spiro atoms. The van der Waals surface area contributed by atoms with Gasteiger partial charge in [0.1, 0.15) is 0 Å². The van der Waals surface area contributed by atoms with Crippen LogP contribution in [0, 0.1) is 5.92 Å². The lowest BCUT2D eigenvalue weighted by Crippen LogP contribution is -2.14. The normalized spacial score (nSPS) is 10.7. The number of benzene rings is 1. The van der Waals surface area contributed by atoms with Gasteiger partial charge in [0.25, 0.3) is 0 Å². The molecule has 18 heavy (non-hydrogen) atoms. The van der Waals surface area contributed by atoms with Crippen molar-refractivity contribution in [1.29, 1.82) is 0 Å². The van der Waals surface area contributed by atoms with Crippen LogP contribution in [0.3, 0.4) is 0 Å². The predicted molar refractivity (Wildman–Crippen MR) is 81.3 cm³/mol. The van der Waals surface area contributed by atoms with E-state index < -0.39 is 0 Å². The molecule has 0 aliphatic carbocycles. The third-order valence-corrected chi connectivity index (χ3v) is 3.69. The van der Waals surface area contributed by atoms with E-state index in [2.05, 4.69) is 19.2 Å². The third kappa shape index (κ3) is 5.65. The number of nitrogens with one attached hydrogen (secondary N) is 1. The SMILES string of the molecule is CC(C)CCSCC(=O)Nc1ccc(Cl)c(N)c1. The lowest BCUT2D eigenvalue weighted by atomic mass is 10.2. The number of nitrogen functional groups attached to an aromatic ring is 1.